The zero-order chi connectivity index (χ0) is 21.2. The lowest BCUT2D eigenvalue weighted by atomic mass is 10.2. The van der Waals surface area contributed by atoms with Gasteiger partial charge in [-0.2, -0.15) is 4.98 Å². The van der Waals surface area contributed by atoms with Gasteiger partial charge in [0.2, 0.25) is 5.78 Å². The van der Waals surface area contributed by atoms with Crippen molar-refractivity contribution >= 4 is 40.1 Å². The third kappa shape index (κ3) is 2.83. The number of halogens is 2. The quantitative estimate of drug-likeness (QED) is 0.494. The zero-order valence-corrected chi connectivity index (χ0v) is 18.3. The molecule has 152 valence electrons. The first-order chi connectivity index (χ1) is 13.6. The zero-order valence-electron chi connectivity index (χ0n) is 16.8. The predicted octanol–water partition coefficient (Wildman–Crippen LogP) is 3.70. The van der Waals surface area contributed by atoms with Crippen LogP contribution in [0.15, 0.2) is 27.8 Å². The second kappa shape index (κ2) is 6.78. The first-order valence-electron chi connectivity index (χ1n) is 9.26. The number of benzene rings is 1. The fourth-order valence-electron chi connectivity index (χ4n) is 3.85. The lowest BCUT2D eigenvalue weighted by Crippen LogP contribution is -2.39. The Bertz CT molecular complexity index is 1410. The number of hydrogen-bond acceptors (Lipinski definition) is 3. The summed E-state index contributed by atoms with van der Waals surface area (Å²) in [7, 11) is 1.62. The van der Waals surface area contributed by atoms with E-state index < -0.39 is 11.2 Å². The van der Waals surface area contributed by atoms with Gasteiger partial charge in [0.15, 0.2) is 11.2 Å². The number of imidazole rings is 2. The van der Waals surface area contributed by atoms with Crippen LogP contribution < -0.4 is 11.2 Å². The minimum absolute atomic E-state index is 0.0492. The number of fused-ring (bicyclic) bond motifs is 3. The van der Waals surface area contributed by atoms with Crippen LogP contribution in [0.1, 0.15) is 36.8 Å². The number of aryl methyl sites for hydroxylation is 2. The lowest BCUT2D eigenvalue weighted by Gasteiger charge is -2.10. The smallest absolute Gasteiger partial charge is 0.311 e. The maximum absolute atomic E-state index is 13.4. The molecule has 0 N–H and O–H groups in total. The van der Waals surface area contributed by atoms with Crippen LogP contribution in [-0.2, 0) is 13.6 Å². The highest BCUT2D eigenvalue weighted by molar-refractivity contribution is 6.35. The van der Waals surface area contributed by atoms with E-state index in [2.05, 4.69) is 23.4 Å². The molecule has 7 nitrogen and oxygen atoms in total. The minimum Gasteiger partial charge on any atom is -0.311 e. The van der Waals surface area contributed by atoms with Crippen molar-refractivity contribution in [3.63, 3.8) is 0 Å². The van der Waals surface area contributed by atoms with Crippen molar-refractivity contribution < 1.29 is 0 Å². The largest absolute Gasteiger partial charge is 0.332 e. The average molecular weight is 434 g/mol. The first-order valence-corrected chi connectivity index (χ1v) is 10.0. The van der Waals surface area contributed by atoms with Gasteiger partial charge in [-0.15, -0.1) is 0 Å². The van der Waals surface area contributed by atoms with Crippen LogP contribution in [0, 0.1) is 13.8 Å². The third-order valence-corrected chi connectivity index (χ3v) is 6.01. The van der Waals surface area contributed by atoms with Crippen LogP contribution in [0.5, 0.6) is 0 Å². The molecule has 4 aromatic rings. The maximum Gasteiger partial charge on any atom is 0.332 e. The van der Waals surface area contributed by atoms with Gasteiger partial charge in [0.05, 0.1) is 6.54 Å². The standard InChI is InChI=1S/C20H21Cl2N5O2/c1-10(2)26-11(3)12(4)27-16-17(23-19(26)27)24(5)20(29)25(18(16)28)9-13-6-7-14(21)8-15(13)22/h6-8,10H,9H2,1-5H3. The molecule has 0 bridgehead atoms. The number of aromatic nitrogens is 5. The van der Waals surface area contributed by atoms with Crippen molar-refractivity contribution in [2.45, 2.75) is 40.3 Å². The normalized spacial score (nSPS) is 12.0. The van der Waals surface area contributed by atoms with Gasteiger partial charge in [-0.1, -0.05) is 29.3 Å². The Morgan fingerprint density at radius 2 is 1.79 bits per heavy atom. The average Bonchev–Trinajstić information content (AvgIpc) is 3.14. The Morgan fingerprint density at radius 3 is 2.41 bits per heavy atom. The summed E-state index contributed by atoms with van der Waals surface area (Å²) in [6, 6.07) is 5.16. The van der Waals surface area contributed by atoms with Gasteiger partial charge in [0, 0.05) is 34.5 Å². The molecular weight excluding hydrogens is 413 g/mol. The van der Waals surface area contributed by atoms with Gasteiger partial charge in [0.1, 0.15) is 0 Å². The number of hydrogen-bond donors (Lipinski definition) is 0. The molecule has 0 unspecified atom stereocenters. The molecule has 9 heteroatoms. The van der Waals surface area contributed by atoms with Crippen LogP contribution in [0.25, 0.3) is 16.9 Å². The molecule has 3 aromatic heterocycles. The number of nitrogens with zero attached hydrogens (tertiary/aromatic N) is 5. The summed E-state index contributed by atoms with van der Waals surface area (Å²) < 4.78 is 6.51. The van der Waals surface area contributed by atoms with Gasteiger partial charge in [-0.25, -0.2) is 4.79 Å². The highest BCUT2D eigenvalue weighted by Gasteiger charge is 2.23. The Balaban J connectivity index is 2.08. The monoisotopic (exact) mass is 433 g/mol. The van der Waals surface area contributed by atoms with E-state index in [4.69, 9.17) is 23.2 Å². The van der Waals surface area contributed by atoms with Crippen LogP contribution in [0.4, 0.5) is 0 Å². The summed E-state index contributed by atoms with van der Waals surface area (Å²) in [5.74, 6) is 0.652. The number of rotatable bonds is 3. The molecule has 0 atom stereocenters. The van der Waals surface area contributed by atoms with Crippen molar-refractivity contribution in [3.8, 4) is 0 Å². The van der Waals surface area contributed by atoms with E-state index in [9.17, 15) is 9.59 Å². The third-order valence-electron chi connectivity index (χ3n) is 5.42. The van der Waals surface area contributed by atoms with E-state index in [0.717, 1.165) is 11.4 Å². The van der Waals surface area contributed by atoms with E-state index in [1.807, 2.05) is 18.2 Å². The second-order valence-electron chi connectivity index (χ2n) is 7.52. The lowest BCUT2D eigenvalue weighted by molar-refractivity contribution is 0.600. The molecule has 0 spiro atoms. The highest BCUT2D eigenvalue weighted by Crippen LogP contribution is 2.24. The van der Waals surface area contributed by atoms with Gasteiger partial charge in [0.25, 0.3) is 5.56 Å². The van der Waals surface area contributed by atoms with E-state index >= 15 is 0 Å². The second-order valence-corrected chi connectivity index (χ2v) is 8.37. The first kappa shape index (κ1) is 19.8. The predicted molar refractivity (Wildman–Crippen MR) is 116 cm³/mol. The SMILES string of the molecule is Cc1c(C)n2c3c(=O)n(Cc4ccc(Cl)cc4Cl)c(=O)n(C)c3nc2n1C(C)C. The molecule has 0 aliphatic carbocycles. The molecule has 0 aliphatic rings. The Kier molecular flexibility index (Phi) is 4.63. The molecule has 0 saturated carbocycles. The molecule has 0 saturated heterocycles. The summed E-state index contributed by atoms with van der Waals surface area (Å²) in [5.41, 5.74) is 2.50. The van der Waals surface area contributed by atoms with Crippen molar-refractivity contribution in [2.75, 3.05) is 0 Å². The van der Waals surface area contributed by atoms with Crippen molar-refractivity contribution in [1.82, 2.24) is 23.1 Å². The van der Waals surface area contributed by atoms with Crippen molar-refractivity contribution in [3.05, 3.63) is 66.0 Å². The van der Waals surface area contributed by atoms with Gasteiger partial charge < -0.3 is 4.57 Å². The van der Waals surface area contributed by atoms with Crippen molar-refractivity contribution in [2.24, 2.45) is 7.05 Å². The summed E-state index contributed by atoms with van der Waals surface area (Å²) in [4.78, 5) is 31.0. The molecule has 1 aromatic carbocycles. The Hall–Kier alpha value is -2.51. The van der Waals surface area contributed by atoms with Crippen LogP contribution in [0.3, 0.4) is 0 Å². The van der Waals surface area contributed by atoms with Gasteiger partial charge in [-0.3, -0.25) is 18.3 Å². The van der Waals surface area contributed by atoms with Crippen LogP contribution >= 0.6 is 23.2 Å². The minimum atomic E-state index is -0.445. The molecule has 4 rings (SSSR count). The fourth-order valence-corrected chi connectivity index (χ4v) is 4.32. The topological polar surface area (TPSA) is 66.2 Å². The van der Waals surface area contributed by atoms with Crippen LogP contribution in [-0.4, -0.2) is 23.1 Å². The summed E-state index contributed by atoms with van der Waals surface area (Å²) >= 11 is 12.2. The summed E-state index contributed by atoms with van der Waals surface area (Å²) in [6.07, 6.45) is 0. The molecular formula is C20H21Cl2N5O2. The fraction of sp³-hybridized carbons (Fsp3) is 0.350. The molecule has 0 aliphatic heterocycles. The Morgan fingerprint density at radius 1 is 1.10 bits per heavy atom. The van der Waals surface area contributed by atoms with E-state index in [-0.39, 0.29) is 12.6 Å². The van der Waals surface area contributed by atoms with E-state index in [1.54, 1.807) is 25.2 Å². The van der Waals surface area contributed by atoms with Gasteiger partial charge >= 0.3 is 5.69 Å². The molecule has 0 amide bonds. The molecule has 3 heterocycles. The maximum atomic E-state index is 13.4. The summed E-state index contributed by atoms with van der Waals surface area (Å²) in [5, 5.41) is 0.899. The van der Waals surface area contributed by atoms with Crippen molar-refractivity contribution in [1.29, 1.82) is 0 Å². The van der Waals surface area contributed by atoms with Gasteiger partial charge in [-0.05, 0) is 45.4 Å². The van der Waals surface area contributed by atoms with Crippen LogP contribution in [0.2, 0.25) is 10.0 Å². The highest BCUT2D eigenvalue weighted by atomic mass is 35.5. The van der Waals surface area contributed by atoms with E-state index in [1.165, 1.54) is 9.13 Å². The Labute approximate surface area is 176 Å². The summed E-state index contributed by atoms with van der Waals surface area (Å²) in [6.45, 7) is 8.13. The molecule has 0 radical (unpaired) electrons. The molecule has 29 heavy (non-hydrogen) atoms. The molecule has 0 fully saturated rings. The van der Waals surface area contributed by atoms with E-state index in [0.29, 0.717) is 32.6 Å².